The van der Waals surface area contributed by atoms with E-state index in [0.29, 0.717) is 6.42 Å². The lowest BCUT2D eigenvalue weighted by molar-refractivity contribution is -0.142. The highest BCUT2D eigenvalue weighted by atomic mass is 16.7. The predicted octanol–water partition coefficient (Wildman–Crippen LogP) is 2.47. The maximum atomic E-state index is 11.1. The number of carbonyl (C=O) groups excluding carboxylic acids is 2. The smallest absolute Gasteiger partial charge is 0.322 e. The highest BCUT2D eigenvalue weighted by Gasteiger charge is 2.14. The van der Waals surface area contributed by atoms with Crippen LogP contribution < -0.4 is 5.73 Å². The molecular formula is C23H33NO6. The zero-order valence-electron chi connectivity index (χ0n) is 17.8. The van der Waals surface area contributed by atoms with Gasteiger partial charge in [-0.15, -0.1) is 0 Å². The molecule has 0 saturated heterocycles. The highest BCUT2D eigenvalue weighted by Crippen LogP contribution is 2.21. The molecule has 4 N–H and O–H groups in total. The van der Waals surface area contributed by atoms with Gasteiger partial charge in [0.05, 0.1) is 13.0 Å². The average Bonchev–Trinajstić information content (AvgIpc) is 2.78. The minimum Gasteiger partial charge on any atom is -0.468 e. The summed E-state index contributed by atoms with van der Waals surface area (Å²) in [6, 6.07) is 19.1. The van der Waals surface area contributed by atoms with Gasteiger partial charge in [0.1, 0.15) is 12.3 Å². The predicted molar refractivity (Wildman–Crippen MR) is 116 cm³/mol. The van der Waals surface area contributed by atoms with Crippen molar-refractivity contribution in [2.24, 2.45) is 5.73 Å². The second-order valence-electron chi connectivity index (χ2n) is 6.40. The van der Waals surface area contributed by atoms with Gasteiger partial charge in [-0.1, -0.05) is 60.7 Å². The summed E-state index contributed by atoms with van der Waals surface area (Å²) in [5.74, 6) is -0.524. The van der Waals surface area contributed by atoms with Gasteiger partial charge in [0, 0.05) is 14.2 Å². The summed E-state index contributed by atoms with van der Waals surface area (Å²) in [4.78, 5) is 22.0. The summed E-state index contributed by atoms with van der Waals surface area (Å²) in [7, 11) is 4.48. The molecule has 0 fully saturated rings. The Morgan fingerprint density at radius 2 is 1.37 bits per heavy atom. The van der Waals surface area contributed by atoms with E-state index in [0.717, 1.165) is 30.3 Å². The molecule has 0 saturated carbocycles. The Morgan fingerprint density at radius 3 is 1.73 bits per heavy atom. The zero-order valence-corrected chi connectivity index (χ0v) is 17.8. The molecule has 0 heterocycles. The van der Waals surface area contributed by atoms with Crippen LogP contribution in [0.1, 0.15) is 36.3 Å². The maximum absolute atomic E-state index is 11.1. The minimum absolute atomic E-state index is 0. The van der Waals surface area contributed by atoms with Gasteiger partial charge in [0.2, 0.25) is 0 Å². The lowest BCUT2D eigenvalue weighted by atomic mass is 9.93. The van der Waals surface area contributed by atoms with Crippen LogP contribution in [0.2, 0.25) is 0 Å². The Bertz CT molecular complexity index is 652. The first-order valence-electron chi connectivity index (χ1n) is 9.51. The molecule has 0 spiro atoms. The Labute approximate surface area is 178 Å². The van der Waals surface area contributed by atoms with Gasteiger partial charge in [-0.2, -0.15) is 0 Å². The molecule has 1 unspecified atom stereocenters. The van der Waals surface area contributed by atoms with Gasteiger partial charge in [0.15, 0.2) is 6.29 Å². The molecule has 7 heteroatoms. The second kappa shape index (κ2) is 16.2. The summed E-state index contributed by atoms with van der Waals surface area (Å²) in [6.45, 7) is 0. The highest BCUT2D eigenvalue weighted by molar-refractivity contribution is 5.75. The van der Waals surface area contributed by atoms with Crippen molar-refractivity contribution >= 4 is 12.3 Å². The third-order valence-corrected chi connectivity index (χ3v) is 4.44. The molecule has 0 aliphatic heterocycles. The Balaban J connectivity index is 0.000000545. The normalized spacial score (nSPS) is 11.1. The van der Waals surface area contributed by atoms with E-state index in [4.69, 9.17) is 15.2 Å². The van der Waals surface area contributed by atoms with Crippen LogP contribution >= 0.6 is 0 Å². The average molecular weight is 420 g/mol. The Kier molecular flexibility index (Phi) is 14.8. The molecule has 166 valence electrons. The number of aldehydes is 1. The van der Waals surface area contributed by atoms with Crippen LogP contribution in [0.5, 0.6) is 0 Å². The molecule has 0 bridgehead atoms. The van der Waals surface area contributed by atoms with E-state index in [1.54, 1.807) is 14.2 Å². The number of carbonyl (C=O) groups is 2. The SMILES string of the molecule is COC(=O)C(N)CCCC(OC)OC.O.O=CC(c1ccccc1)c1ccccc1. The zero-order chi connectivity index (χ0) is 21.5. The Hall–Kier alpha value is -2.58. The number of benzene rings is 2. The summed E-state index contributed by atoms with van der Waals surface area (Å²) in [6.07, 6.45) is 2.83. The number of methoxy groups -OCH3 is 3. The van der Waals surface area contributed by atoms with Gasteiger partial charge in [-0.25, -0.2) is 0 Å². The number of ether oxygens (including phenoxy) is 3. The number of esters is 1. The standard InChI is InChI=1S/C14H12O.C9H19NO4.H2O/c15-11-14(12-7-3-1-4-8-12)13-9-5-2-6-10-13;1-12-8(13-2)6-4-5-7(10)9(11)14-3;/h1-11,14H;7-8H,4-6,10H2,1-3H3;1H2. The van der Waals surface area contributed by atoms with E-state index in [1.807, 2.05) is 60.7 Å². The molecule has 2 rings (SSSR count). The van der Waals surface area contributed by atoms with Crippen molar-refractivity contribution in [2.45, 2.75) is 37.5 Å². The molecule has 1 atom stereocenters. The third kappa shape index (κ3) is 9.76. The van der Waals surface area contributed by atoms with Gasteiger partial charge in [-0.05, 0) is 30.4 Å². The molecule has 2 aromatic carbocycles. The van der Waals surface area contributed by atoms with Gasteiger partial charge >= 0.3 is 5.97 Å². The lowest BCUT2D eigenvalue weighted by Crippen LogP contribution is -2.31. The number of rotatable bonds is 10. The van der Waals surface area contributed by atoms with Crippen LogP contribution in [-0.4, -0.2) is 51.4 Å². The van der Waals surface area contributed by atoms with Crippen LogP contribution in [0.15, 0.2) is 60.7 Å². The number of hydrogen-bond donors (Lipinski definition) is 1. The van der Waals surface area contributed by atoms with E-state index in [1.165, 1.54) is 7.11 Å². The van der Waals surface area contributed by atoms with Crippen LogP contribution in [0, 0.1) is 0 Å². The second-order valence-corrected chi connectivity index (χ2v) is 6.40. The van der Waals surface area contributed by atoms with Gasteiger partial charge < -0.3 is 30.2 Å². The van der Waals surface area contributed by atoms with Crippen LogP contribution in [0.25, 0.3) is 0 Å². The first-order valence-corrected chi connectivity index (χ1v) is 9.51. The fraction of sp³-hybridized carbons (Fsp3) is 0.391. The van der Waals surface area contributed by atoms with Gasteiger partial charge in [-0.3, -0.25) is 4.79 Å². The molecule has 0 aromatic heterocycles. The summed E-state index contributed by atoms with van der Waals surface area (Å²) in [5.41, 5.74) is 7.62. The first kappa shape index (κ1) is 27.4. The molecule has 0 amide bonds. The van der Waals surface area contributed by atoms with E-state index < -0.39 is 6.04 Å². The van der Waals surface area contributed by atoms with Crippen molar-refractivity contribution < 1.29 is 29.3 Å². The fourth-order valence-corrected chi connectivity index (χ4v) is 2.78. The van der Waals surface area contributed by atoms with Crippen molar-refractivity contribution in [1.82, 2.24) is 0 Å². The fourth-order valence-electron chi connectivity index (χ4n) is 2.78. The Morgan fingerprint density at radius 1 is 0.900 bits per heavy atom. The van der Waals surface area contributed by atoms with Crippen LogP contribution in [0.3, 0.4) is 0 Å². The first-order chi connectivity index (χ1) is 14.1. The van der Waals surface area contributed by atoms with Crippen LogP contribution in [0.4, 0.5) is 0 Å². The summed E-state index contributed by atoms with van der Waals surface area (Å²) >= 11 is 0. The summed E-state index contributed by atoms with van der Waals surface area (Å²) in [5, 5.41) is 0. The van der Waals surface area contributed by atoms with Crippen molar-refractivity contribution in [1.29, 1.82) is 0 Å². The largest absolute Gasteiger partial charge is 0.468 e. The van der Waals surface area contributed by atoms with E-state index in [2.05, 4.69) is 4.74 Å². The lowest BCUT2D eigenvalue weighted by Gasteiger charge is -2.14. The summed E-state index contributed by atoms with van der Waals surface area (Å²) < 4.78 is 14.5. The number of hydrogen-bond acceptors (Lipinski definition) is 6. The topological polar surface area (TPSA) is 119 Å². The molecule has 0 radical (unpaired) electrons. The molecule has 0 aliphatic carbocycles. The quantitative estimate of drug-likeness (QED) is 0.359. The van der Waals surface area contributed by atoms with Crippen LogP contribution in [-0.2, 0) is 23.8 Å². The molecule has 7 nitrogen and oxygen atoms in total. The minimum atomic E-state index is -0.547. The number of nitrogens with two attached hydrogens (primary N) is 1. The molecule has 30 heavy (non-hydrogen) atoms. The van der Waals surface area contributed by atoms with Crippen molar-refractivity contribution in [2.75, 3.05) is 21.3 Å². The third-order valence-electron chi connectivity index (χ3n) is 4.44. The van der Waals surface area contributed by atoms with Crippen molar-refractivity contribution in [3.63, 3.8) is 0 Å². The maximum Gasteiger partial charge on any atom is 0.322 e. The monoisotopic (exact) mass is 419 g/mol. The molecule has 0 aliphatic rings. The van der Waals surface area contributed by atoms with Crippen molar-refractivity contribution in [3.05, 3.63) is 71.8 Å². The molecular weight excluding hydrogens is 386 g/mol. The van der Waals surface area contributed by atoms with E-state index in [-0.39, 0.29) is 23.7 Å². The van der Waals surface area contributed by atoms with E-state index >= 15 is 0 Å². The molecule has 2 aromatic rings. The van der Waals surface area contributed by atoms with Crippen molar-refractivity contribution in [3.8, 4) is 0 Å². The van der Waals surface area contributed by atoms with Gasteiger partial charge in [0.25, 0.3) is 0 Å². The van der Waals surface area contributed by atoms with E-state index in [9.17, 15) is 9.59 Å².